The molecule has 0 spiro atoms. The van der Waals surface area contributed by atoms with Crippen molar-refractivity contribution in [1.82, 2.24) is 4.98 Å². The Hall–Kier alpha value is -1.62. The molecule has 1 heterocycles. The van der Waals surface area contributed by atoms with Gasteiger partial charge in [-0.05, 0) is 18.9 Å². The van der Waals surface area contributed by atoms with Crippen molar-refractivity contribution in [3.05, 3.63) is 39.6 Å². The highest BCUT2D eigenvalue weighted by Gasteiger charge is 2.19. The van der Waals surface area contributed by atoms with Crippen molar-refractivity contribution in [3.63, 3.8) is 0 Å². The first-order valence-corrected chi connectivity index (χ1v) is 5.27. The predicted octanol–water partition coefficient (Wildman–Crippen LogP) is 2.77. The van der Waals surface area contributed by atoms with E-state index in [4.69, 9.17) is 11.6 Å². The zero-order valence-corrected chi connectivity index (χ0v) is 9.15. The van der Waals surface area contributed by atoms with Crippen LogP contribution < -0.4 is 5.32 Å². The molecule has 1 aliphatic carbocycles. The summed E-state index contributed by atoms with van der Waals surface area (Å²) in [6.45, 7) is 0. The van der Waals surface area contributed by atoms with Gasteiger partial charge in [0.15, 0.2) is 0 Å². The Morgan fingerprint density at radius 2 is 2.12 bits per heavy atom. The Labute approximate surface area is 97.3 Å². The fraction of sp³-hybridized carbons (Fsp3) is 0.300. The standard InChI is InChI=1S/C10H10ClN3O2/c11-9-6-5-8(14(15)16)10(13-9)12-7-3-1-2-4-7/h1-2,5-7H,3-4H2,(H,12,13). The van der Waals surface area contributed by atoms with Gasteiger partial charge >= 0.3 is 5.69 Å². The van der Waals surface area contributed by atoms with Gasteiger partial charge in [-0.2, -0.15) is 0 Å². The van der Waals surface area contributed by atoms with Gasteiger partial charge in [0.2, 0.25) is 5.82 Å². The molecule has 2 rings (SSSR count). The molecular formula is C10H10ClN3O2. The van der Waals surface area contributed by atoms with Crippen LogP contribution in [0.3, 0.4) is 0 Å². The van der Waals surface area contributed by atoms with Gasteiger partial charge in [-0.25, -0.2) is 4.98 Å². The fourth-order valence-corrected chi connectivity index (χ4v) is 1.76. The molecule has 0 saturated carbocycles. The number of halogens is 1. The molecule has 5 nitrogen and oxygen atoms in total. The summed E-state index contributed by atoms with van der Waals surface area (Å²) in [5, 5.41) is 14.1. The van der Waals surface area contributed by atoms with E-state index in [0.29, 0.717) is 0 Å². The lowest BCUT2D eigenvalue weighted by atomic mass is 10.2. The van der Waals surface area contributed by atoms with Crippen LogP contribution >= 0.6 is 11.6 Å². The normalized spacial score (nSPS) is 15.3. The van der Waals surface area contributed by atoms with Crippen molar-refractivity contribution >= 4 is 23.1 Å². The highest BCUT2D eigenvalue weighted by molar-refractivity contribution is 6.29. The van der Waals surface area contributed by atoms with Crippen LogP contribution in [-0.4, -0.2) is 15.9 Å². The fourth-order valence-electron chi connectivity index (χ4n) is 1.61. The number of rotatable bonds is 3. The molecule has 6 heteroatoms. The van der Waals surface area contributed by atoms with Crippen LogP contribution in [0, 0.1) is 10.1 Å². The topological polar surface area (TPSA) is 68.1 Å². The first-order valence-electron chi connectivity index (χ1n) is 4.89. The van der Waals surface area contributed by atoms with Crippen LogP contribution in [0.4, 0.5) is 11.5 Å². The Kier molecular flexibility index (Phi) is 3.05. The monoisotopic (exact) mass is 239 g/mol. The summed E-state index contributed by atoms with van der Waals surface area (Å²) in [5.41, 5.74) is -0.0451. The molecule has 0 fully saturated rings. The maximum Gasteiger partial charge on any atom is 0.311 e. The molecule has 1 N–H and O–H groups in total. The third-order valence-corrected chi connectivity index (χ3v) is 2.60. The Morgan fingerprint density at radius 3 is 2.75 bits per heavy atom. The molecule has 0 aromatic carbocycles. The molecule has 1 aromatic heterocycles. The zero-order valence-electron chi connectivity index (χ0n) is 8.39. The molecule has 0 saturated heterocycles. The lowest BCUT2D eigenvalue weighted by molar-refractivity contribution is -0.384. The van der Waals surface area contributed by atoms with Gasteiger partial charge in [0, 0.05) is 12.1 Å². The largest absolute Gasteiger partial charge is 0.361 e. The molecule has 0 radical (unpaired) electrons. The van der Waals surface area contributed by atoms with Gasteiger partial charge < -0.3 is 5.32 Å². The number of nitro groups is 1. The number of nitrogens with one attached hydrogen (secondary N) is 1. The van der Waals surface area contributed by atoms with E-state index in [1.54, 1.807) is 0 Å². The highest BCUT2D eigenvalue weighted by Crippen LogP contribution is 2.26. The average molecular weight is 240 g/mol. The summed E-state index contributed by atoms with van der Waals surface area (Å²) < 4.78 is 0. The summed E-state index contributed by atoms with van der Waals surface area (Å²) in [5.74, 6) is 0.242. The van der Waals surface area contributed by atoms with E-state index in [2.05, 4.69) is 10.3 Å². The van der Waals surface area contributed by atoms with Crippen molar-refractivity contribution in [2.24, 2.45) is 0 Å². The number of pyridine rings is 1. The maximum atomic E-state index is 10.8. The number of anilines is 1. The minimum absolute atomic E-state index is 0.0451. The number of hydrogen-bond acceptors (Lipinski definition) is 4. The molecule has 16 heavy (non-hydrogen) atoms. The molecule has 0 amide bonds. The first kappa shape index (κ1) is 10.9. The molecule has 0 atom stereocenters. The van der Waals surface area contributed by atoms with E-state index >= 15 is 0 Å². The van der Waals surface area contributed by atoms with Crippen LogP contribution in [0.2, 0.25) is 5.15 Å². The molecule has 84 valence electrons. The quantitative estimate of drug-likeness (QED) is 0.381. The molecule has 0 unspecified atom stereocenters. The molecule has 0 aliphatic heterocycles. The van der Waals surface area contributed by atoms with Gasteiger partial charge in [-0.1, -0.05) is 23.8 Å². The van der Waals surface area contributed by atoms with Crippen LogP contribution in [-0.2, 0) is 0 Å². The SMILES string of the molecule is O=[N+]([O-])c1ccc(Cl)nc1NC1CC=CC1. The highest BCUT2D eigenvalue weighted by atomic mass is 35.5. The lowest BCUT2D eigenvalue weighted by Crippen LogP contribution is -2.17. The van der Waals surface area contributed by atoms with E-state index in [1.165, 1.54) is 12.1 Å². The van der Waals surface area contributed by atoms with Gasteiger partial charge in [0.25, 0.3) is 0 Å². The van der Waals surface area contributed by atoms with Gasteiger partial charge in [0.1, 0.15) is 5.15 Å². The maximum absolute atomic E-state index is 10.8. The molecular weight excluding hydrogens is 230 g/mol. The van der Waals surface area contributed by atoms with Gasteiger partial charge in [0.05, 0.1) is 4.92 Å². The summed E-state index contributed by atoms with van der Waals surface area (Å²) in [7, 11) is 0. The summed E-state index contributed by atoms with van der Waals surface area (Å²) in [4.78, 5) is 14.3. The molecule has 0 bridgehead atoms. The van der Waals surface area contributed by atoms with E-state index in [-0.39, 0.29) is 22.7 Å². The Balaban J connectivity index is 2.23. The minimum atomic E-state index is -0.464. The van der Waals surface area contributed by atoms with Gasteiger partial charge in [-0.15, -0.1) is 0 Å². The third-order valence-electron chi connectivity index (χ3n) is 2.39. The lowest BCUT2D eigenvalue weighted by Gasteiger charge is -2.12. The van der Waals surface area contributed by atoms with E-state index in [1.807, 2.05) is 12.2 Å². The van der Waals surface area contributed by atoms with Crippen LogP contribution in [0.25, 0.3) is 0 Å². The molecule has 1 aliphatic rings. The van der Waals surface area contributed by atoms with Crippen molar-refractivity contribution < 1.29 is 4.92 Å². The number of nitrogens with zero attached hydrogens (tertiary/aromatic N) is 2. The van der Waals surface area contributed by atoms with Gasteiger partial charge in [-0.3, -0.25) is 10.1 Å². The van der Waals surface area contributed by atoms with Crippen molar-refractivity contribution in [3.8, 4) is 0 Å². The molecule has 1 aromatic rings. The second kappa shape index (κ2) is 4.49. The van der Waals surface area contributed by atoms with E-state index in [9.17, 15) is 10.1 Å². The zero-order chi connectivity index (χ0) is 11.5. The Bertz CT molecular complexity index is 440. The summed E-state index contributed by atoms with van der Waals surface area (Å²) >= 11 is 5.72. The van der Waals surface area contributed by atoms with E-state index in [0.717, 1.165) is 12.8 Å². The van der Waals surface area contributed by atoms with E-state index < -0.39 is 4.92 Å². The predicted molar refractivity (Wildman–Crippen MR) is 61.7 cm³/mol. The smallest absolute Gasteiger partial charge is 0.311 e. The first-order chi connectivity index (χ1) is 7.66. The van der Waals surface area contributed by atoms with Crippen LogP contribution in [0.5, 0.6) is 0 Å². The van der Waals surface area contributed by atoms with Crippen molar-refractivity contribution in [2.45, 2.75) is 18.9 Å². The second-order valence-corrected chi connectivity index (χ2v) is 3.93. The second-order valence-electron chi connectivity index (χ2n) is 3.54. The van der Waals surface area contributed by atoms with Crippen molar-refractivity contribution in [2.75, 3.05) is 5.32 Å². The summed E-state index contributed by atoms with van der Waals surface area (Å²) in [6, 6.07) is 2.95. The van der Waals surface area contributed by atoms with Crippen LogP contribution in [0.1, 0.15) is 12.8 Å². The minimum Gasteiger partial charge on any atom is -0.361 e. The number of hydrogen-bond donors (Lipinski definition) is 1. The average Bonchev–Trinajstić information content (AvgIpc) is 2.70. The Morgan fingerprint density at radius 1 is 1.44 bits per heavy atom. The van der Waals surface area contributed by atoms with Crippen LogP contribution in [0.15, 0.2) is 24.3 Å². The third kappa shape index (κ3) is 2.30. The summed E-state index contributed by atoms with van der Waals surface area (Å²) in [6.07, 6.45) is 5.78. The van der Waals surface area contributed by atoms with Crippen molar-refractivity contribution in [1.29, 1.82) is 0 Å². The number of aromatic nitrogens is 1.